The molecule has 7 nitrogen and oxygen atoms in total. The Labute approximate surface area is 340 Å². The second-order valence-electron chi connectivity index (χ2n) is 18.1. The number of carbonyl (C=O) groups is 2. The molecule has 8 heteroatoms. The summed E-state index contributed by atoms with van der Waals surface area (Å²) in [5.74, 6) is 1.28. The van der Waals surface area contributed by atoms with Gasteiger partial charge in [0.15, 0.2) is 0 Å². The molecule has 1 aromatic rings. The number of amides is 1. The van der Waals surface area contributed by atoms with Crippen LogP contribution in [0.3, 0.4) is 0 Å². The van der Waals surface area contributed by atoms with E-state index in [0.717, 1.165) is 24.8 Å². The Morgan fingerprint density at radius 1 is 0.893 bits per heavy atom. The van der Waals surface area contributed by atoms with Gasteiger partial charge in [-0.05, 0) is 145 Å². The van der Waals surface area contributed by atoms with Crippen LogP contribution in [0.5, 0.6) is 0 Å². The zero-order chi connectivity index (χ0) is 42.9. The number of hydrogen-bond acceptors (Lipinski definition) is 5. The number of terminal acetylenes is 3. The van der Waals surface area contributed by atoms with Gasteiger partial charge in [-0.2, -0.15) is 0 Å². The minimum Gasteiger partial charge on any atom is -0.478 e. The summed E-state index contributed by atoms with van der Waals surface area (Å²) in [6.45, 7) is 18.6. The number of carboxylic acid groups (broad SMARTS) is 1. The summed E-state index contributed by atoms with van der Waals surface area (Å²) in [7, 11) is -3.16. The molecule has 5 aliphatic rings. The Kier molecular flexibility index (Phi) is 16.5. The van der Waals surface area contributed by atoms with Crippen LogP contribution in [-0.2, 0) is 14.6 Å². The van der Waals surface area contributed by atoms with Crippen molar-refractivity contribution in [1.29, 1.82) is 0 Å². The molecule has 5 aliphatic carbocycles. The highest BCUT2D eigenvalue weighted by Gasteiger charge is 2.69. The van der Waals surface area contributed by atoms with E-state index in [1.54, 1.807) is 18.2 Å². The van der Waals surface area contributed by atoms with E-state index in [-0.39, 0.29) is 45.2 Å². The lowest BCUT2D eigenvalue weighted by Crippen LogP contribution is -2.65. The van der Waals surface area contributed by atoms with Crippen molar-refractivity contribution in [1.82, 2.24) is 5.32 Å². The van der Waals surface area contributed by atoms with E-state index < -0.39 is 21.8 Å². The second-order valence-corrected chi connectivity index (χ2v) is 20.4. The number of carboxylic acids is 1. The van der Waals surface area contributed by atoms with E-state index >= 15 is 0 Å². The van der Waals surface area contributed by atoms with Crippen molar-refractivity contribution in [2.75, 3.05) is 18.6 Å². The van der Waals surface area contributed by atoms with Crippen molar-refractivity contribution in [2.24, 2.45) is 56.5 Å². The van der Waals surface area contributed by atoms with Gasteiger partial charge in [0.2, 0.25) is 5.91 Å². The number of benzene rings is 1. The largest absolute Gasteiger partial charge is 0.478 e. The summed E-state index contributed by atoms with van der Waals surface area (Å²) < 4.78 is 23.3. The number of fused-ring (bicyclic) bond motifs is 7. The number of nitrogens with two attached hydrogens (primary N) is 1. The van der Waals surface area contributed by atoms with Crippen LogP contribution in [0.1, 0.15) is 128 Å². The Morgan fingerprint density at radius 3 is 2.04 bits per heavy atom. The third-order valence-electron chi connectivity index (χ3n) is 15.3. The van der Waals surface area contributed by atoms with E-state index in [1.165, 1.54) is 56.8 Å². The molecule has 1 amide bonds. The summed E-state index contributed by atoms with van der Waals surface area (Å²) in [5, 5.41) is 12.6. The minimum absolute atomic E-state index is 0.00956. The monoisotopic (exact) mass is 787 g/mol. The van der Waals surface area contributed by atoms with Crippen LogP contribution < -0.4 is 11.1 Å². The first-order valence-electron chi connectivity index (χ1n) is 20.1. The second kappa shape index (κ2) is 19.1. The van der Waals surface area contributed by atoms with Gasteiger partial charge < -0.3 is 16.2 Å². The molecule has 9 atom stereocenters. The lowest BCUT2D eigenvalue weighted by Gasteiger charge is -2.72. The van der Waals surface area contributed by atoms with E-state index in [1.807, 2.05) is 19.1 Å². The predicted molar refractivity (Wildman–Crippen MR) is 233 cm³/mol. The number of hydrogen-bond donors (Lipinski definition) is 3. The normalized spacial score (nSPS) is 33.7. The maximum atomic E-state index is 13.0. The van der Waals surface area contributed by atoms with Crippen molar-refractivity contribution in [3.63, 3.8) is 0 Å². The molecule has 6 rings (SSSR count). The Bertz CT molecular complexity index is 1720. The Hall–Kier alpha value is -3.77. The molecule has 4 saturated carbocycles. The highest BCUT2D eigenvalue weighted by atomic mass is 32.2. The average molecular weight is 787 g/mol. The standard InChI is InChI=1S/C39H58N2O5S.C3H6.3C2H2/c1-35(2)27(25-9-11-26(12-10-25)34(43)44)15-19-36(3)31(35)16-20-38(5)32(36)14-13-28-29-8-7-18-39(29,22-21-37(28,38)4)24-41-33(42)30(40)17-23-47(6,45)46;1-3-2;3*1-2/h9-12,15,28-32H,7-8,13-14,16-24,40H2,1-6H3,(H,41,42)(H,43,44);3H,1H2,2H3;3*1-2H/t28-,29?,30-,31?,32?,36+,37-,38-,39-;;;;/m1..../s1. The first-order valence-corrected chi connectivity index (χ1v) is 22.2. The number of nitrogens with one attached hydrogen (secondary N) is 1. The Morgan fingerprint density at radius 2 is 1.48 bits per heavy atom. The molecule has 0 spiro atoms. The topological polar surface area (TPSA) is 127 Å². The van der Waals surface area contributed by atoms with Crippen LogP contribution >= 0.6 is 0 Å². The fraction of sp³-hybridized carbons (Fsp3) is 0.625. The van der Waals surface area contributed by atoms with E-state index in [2.05, 4.69) is 91.1 Å². The van der Waals surface area contributed by atoms with Gasteiger partial charge in [-0.25, -0.2) is 13.2 Å². The summed E-state index contributed by atoms with van der Waals surface area (Å²) in [5.41, 5.74) is 9.79. The molecular weight excluding hydrogens is 717 g/mol. The van der Waals surface area contributed by atoms with Crippen LogP contribution in [0, 0.1) is 89.3 Å². The molecule has 4 fully saturated rings. The third-order valence-corrected chi connectivity index (χ3v) is 16.3. The van der Waals surface area contributed by atoms with Gasteiger partial charge in [0.25, 0.3) is 0 Å². The van der Waals surface area contributed by atoms with Crippen molar-refractivity contribution in [3.05, 3.63) is 54.1 Å². The van der Waals surface area contributed by atoms with Crippen LogP contribution in [0.4, 0.5) is 0 Å². The SMILES string of the molecule is C#C.C#C.C#C.C=CC.CC1(C)C(c2ccc(C(=O)O)cc2)=CC[C@@]2(C)C1CC[C@]1(C)C2CC[C@@H]2C3CCC[C@]3(CNC(=O)[C@H](N)CCS(C)(=O)=O)CC[C@]21C. The summed E-state index contributed by atoms with van der Waals surface area (Å²) in [6.07, 6.45) is 41.5. The summed E-state index contributed by atoms with van der Waals surface area (Å²) in [6, 6.07) is 6.69. The molecule has 0 radical (unpaired) electrons. The molecular formula is C48H70N2O5S. The molecule has 0 bridgehead atoms. The van der Waals surface area contributed by atoms with Crippen LogP contribution in [0.15, 0.2) is 43.0 Å². The van der Waals surface area contributed by atoms with Crippen LogP contribution in [0.25, 0.3) is 5.57 Å². The minimum atomic E-state index is -3.16. The molecule has 0 aromatic heterocycles. The van der Waals surface area contributed by atoms with E-state index in [9.17, 15) is 23.1 Å². The van der Waals surface area contributed by atoms with E-state index in [4.69, 9.17) is 5.73 Å². The Balaban J connectivity index is 0.00000112. The van der Waals surface area contributed by atoms with E-state index in [0.29, 0.717) is 35.8 Å². The van der Waals surface area contributed by atoms with Crippen LogP contribution in [0.2, 0.25) is 0 Å². The molecule has 4 N–H and O–H groups in total. The van der Waals surface area contributed by atoms with Gasteiger partial charge in [0, 0.05) is 12.8 Å². The number of allylic oxidation sites excluding steroid dienone is 3. The fourth-order valence-corrected chi connectivity index (χ4v) is 13.4. The fourth-order valence-electron chi connectivity index (χ4n) is 12.8. The molecule has 3 unspecified atom stereocenters. The summed E-state index contributed by atoms with van der Waals surface area (Å²) in [4.78, 5) is 24.5. The summed E-state index contributed by atoms with van der Waals surface area (Å²) >= 11 is 0. The molecule has 56 heavy (non-hydrogen) atoms. The van der Waals surface area contributed by atoms with Gasteiger partial charge in [-0.1, -0.05) is 65.3 Å². The molecule has 0 saturated heterocycles. The highest BCUT2D eigenvalue weighted by Crippen LogP contribution is 2.77. The van der Waals surface area contributed by atoms with Crippen molar-refractivity contribution < 1.29 is 23.1 Å². The zero-order valence-electron chi connectivity index (χ0n) is 35.3. The average Bonchev–Trinajstić information content (AvgIpc) is 3.60. The first-order chi connectivity index (χ1) is 26.3. The third kappa shape index (κ3) is 9.01. The predicted octanol–water partition coefficient (Wildman–Crippen LogP) is 9.05. The van der Waals surface area contributed by atoms with Crippen molar-refractivity contribution >= 4 is 27.3 Å². The zero-order valence-corrected chi connectivity index (χ0v) is 36.1. The molecule has 0 aliphatic heterocycles. The molecule has 0 heterocycles. The molecule has 1 aromatic carbocycles. The molecule has 308 valence electrons. The lowest BCUT2D eigenvalue weighted by molar-refractivity contribution is -0.222. The van der Waals surface area contributed by atoms with Gasteiger partial charge in [0.05, 0.1) is 17.4 Å². The smallest absolute Gasteiger partial charge is 0.335 e. The highest BCUT2D eigenvalue weighted by molar-refractivity contribution is 7.90. The van der Waals surface area contributed by atoms with Crippen molar-refractivity contribution in [3.8, 4) is 38.5 Å². The quantitative estimate of drug-likeness (QED) is 0.178. The van der Waals surface area contributed by atoms with Gasteiger partial charge >= 0.3 is 5.97 Å². The number of carbonyl (C=O) groups excluding carboxylic acids is 1. The lowest BCUT2D eigenvalue weighted by atomic mass is 9.32. The first kappa shape index (κ1) is 48.4. The number of sulfone groups is 1. The van der Waals surface area contributed by atoms with Gasteiger partial charge in [0.1, 0.15) is 9.84 Å². The van der Waals surface area contributed by atoms with Gasteiger partial charge in [-0.3, -0.25) is 4.79 Å². The van der Waals surface area contributed by atoms with Crippen molar-refractivity contribution in [2.45, 2.75) is 118 Å². The number of rotatable bonds is 8. The van der Waals surface area contributed by atoms with Gasteiger partial charge in [-0.15, -0.1) is 45.1 Å². The van der Waals surface area contributed by atoms with Crippen LogP contribution in [-0.4, -0.2) is 50.0 Å². The maximum absolute atomic E-state index is 13.0. The number of aromatic carboxylic acids is 1. The maximum Gasteiger partial charge on any atom is 0.335 e.